The largest absolute Gasteiger partial charge is 0.376 e. The molecule has 0 aromatic carbocycles. The standard InChI is InChI=1S/C9H16N2O2/c10-7-4-9(12)11(5-7)6-8-2-1-3-13-8/h7-8H,1-6,10H2. The highest BCUT2D eigenvalue weighted by molar-refractivity contribution is 5.79. The van der Waals surface area contributed by atoms with E-state index in [-0.39, 0.29) is 18.1 Å². The average Bonchev–Trinajstić information content (AvgIpc) is 2.63. The molecule has 13 heavy (non-hydrogen) atoms. The van der Waals surface area contributed by atoms with Gasteiger partial charge in [0.05, 0.1) is 6.10 Å². The van der Waals surface area contributed by atoms with Gasteiger partial charge in [-0.3, -0.25) is 4.79 Å². The Labute approximate surface area is 78.0 Å². The maximum absolute atomic E-state index is 11.4. The van der Waals surface area contributed by atoms with Crippen molar-refractivity contribution in [1.29, 1.82) is 0 Å². The van der Waals surface area contributed by atoms with E-state index in [1.165, 1.54) is 0 Å². The van der Waals surface area contributed by atoms with Crippen LogP contribution in [-0.2, 0) is 9.53 Å². The van der Waals surface area contributed by atoms with Gasteiger partial charge in [0.25, 0.3) is 0 Å². The molecule has 2 aliphatic heterocycles. The first-order chi connectivity index (χ1) is 6.25. The zero-order valence-corrected chi connectivity index (χ0v) is 7.74. The van der Waals surface area contributed by atoms with Gasteiger partial charge in [-0.2, -0.15) is 0 Å². The Balaban J connectivity index is 1.83. The number of hydrogen-bond donors (Lipinski definition) is 1. The molecule has 0 bridgehead atoms. The second kappa shape index (κ2) is 3.64. The molecule has 0 aliphatic carbocycles. The van der Waals surface area contributed by atoms with Crippen molar-refractivity contribution in [2.24, 2.45) is 5.73 Å². The molecule has 2 N–H and O–H groups in total. The van der Waals surface area contributed by atoms with E-state index in [9.17, 15) is 4.79 Å². The smallest absolute Gasteiger partial charge is 0.224 e. The molecule has 0 spiro atoms. The average molecular weight is 184 g/mol. The van der Waals surface area contributed by atoms with E-state index in [1.54, 1.807) is 0 Å². The number of carbonyl (C=O) groups is 1. The Hall–Kier alpha value is -0.610. The molecule has 1 amide bonds. The number of nitrogens with two attached hydrogens (primary N) is 1. The summed E-state index contributed by atoms with van der Waals surface area (Å²) in [6.45, 7) is 2.30. The Bertz CT molecular complexity index is 202. The van der Waals surface area contributed by atoms with Crippen LogP contribution in [0.1, 0.15) is 19.3 Å². The van der Waals surface area contributed by atoms with Crippen LogP contribution in [0.15, 0.2) is 0 Å². The highest BCUT2D eigenvalue weighted by Gasteiger charge is 2.29. The third-order valence-electron chi connectivity index (χ3n) is 2.69. The van der Waals surface area contributed by atoms with Gasteiger partial charge in [-0.15, -0.1) is 0 Å². The summed E-state index contributed by atoms with van der Waals surface area (Å²) in [5, 5.41) is 0. The first-order valence-corrected chi connectivity index (χ1v) is 4.90. The quantitative estimate of drug-likeness (QED) is 0.642. The van der Waals surface area contributed by atoms with Gasteiger partial charge < -0.3 is 15.4 Å². The van der Waals surface area contributed by atoms with Crippen molar-refractivity contribution in [3.63, 3.8) is 0 Å². The lowest BCUT2D eigenvalue weighted by atomic mass is 10.2. The summed E-state index contributed by atoms with van der Waals surface area (Å²) in [7, 11) is 0. The Morgan fingerprint density at radius 3 is 3.00 bits per heavy atom. The van der Waals surface area contributed by atoms with Gasteiger partial charge in [0.2, 0.25) is 5.91 Å². The van der Waals surface area contributed by atoms with Crippen molar-refractivity contribution in [3.8, 4) is 0 Å². The second-order valence-electron chi connectivity index (χ2n) is 3.90. The van der Waals surface area contributed by atoms with E-state index in [2.05, 4.69) is 0 Å². The summed E-state index contributed by atoms with van der Waals surface area (Å²) in [6, 6.07) is 0.0360. The van der Waals surface area contributed by atoms with Gasteiger partial charge in [0, 0.05) is 32.2 Å². The number of rotatable bonds is 2. The van der Waals surface area contributed by atoms with Crippen LogP contribution in [0.2, 0.25) is 0 Å². The van der Waals surface area contributed by atoms with Gasteiger partial charge in [-0.05, 0) is 12.8 Å². The minimum absolute atomic E-state index is 0.0360. The molecule has 2 heterocycles. The number of nitrogens with zero attached hydrogens (tertiary/aromatic N) is 1. The van der Waals surface area contributed by atoms with Gasteiger partial charge in [0.1, 0.15) is 0 Å². The minimum Gasteiger partial charge on any atom is -0.376 e. The molecule has 2 aliphatic rings. The van der Waals surface area contributed by atoms with Crippen LogP contribution in [0.5, 0.6) is 0 Å². The van der Waals surface area contributed by atoms with E-state index < -0.39 is 0 Å². The topological polar surface area (TPSA) is 55.6 Å². The molecule has 2 fully saturated rings. The maximum Gasteiger partial charge on any atom is 0.224 e. The molecule has 4 nitrogen and oxygen atoms in total. The minimum atomic E-state index is 0.0360. The third kappa shape index (κ3) is 2.00. The number of ether oxygens (including phenoxy) is 1. The fourth-order valence-corrected chi connectivity index (χ4v) is 2.01. The van der Waals surface area contributed by atoms with Gasteiger partial charge in [0.15, 0.2) is 0 Å². The summed E-state index contributed by atoms with van der Waals surface area (Å²) < 4.78 is 5.46. The van der Waals surface area contributed by atoms with Gasteiger partial charge in [-0.1, -0.05) is 0 Å². The molecule has 0 aromatic heterocycles. The van der Waals surface area contributed by atoms with Crippen LogP contribution < -0.4 is 5.73 Å². The first kappa shape index (κ1) is 8.97. The van der Waals surface area contributed by atoms with Crippen molar-refractivity contribution in [2.75, 3.05) is 19.7 Å². The van der Waals surface area contributed by atoms with E-state index >= 15 is 0 Å². The molecule has 2 saturated heterocycles. The fourth-order valence-electron chi connectivity index (χ4n) is 2.01. The van der Waals surface area contributed by atoms with E-state index in [4.69, 9.17) is 10.5 Å². The summed E-state index contributed by atoms with van der Waals surface area (Å²) in [4.78, 5) is 13.2. The van der Waals surface area contributed by atoms with Crippen LogP contribution in [0, 0.1) is 0 Å². The van der Waals surface area contributed by atoms with E-state index in [0.29, 0.717) is 13.0 Å². The molecule has 2 rings (SSSR count). The summed E-state index contributed by atoms with van der Waals surface area (Å²) in [5.41, 5.74) is 5.69. The molecular weight excluding hydrogens is 168 g/mol. The summed E-state index contributed by atoms with van der Waals surface area (Å²) in [5.74, 6) is 0.183. The predicted octanol–water partition coefficient (Wildman–Crippen LogP) is -0.275. The SMILES string of the molecule is NC1CC(=O)N(CC2CCCO2)C1. The van der Waals surface area contributed by atoms with Crippen LogP contribution in [-0.4, -0.2) is 42.6 Å². The van der Waals surface area contributed by atoms with E-state index in [1.807, 2.05) is 4.90 Å². The number of amides is 1. The third-order valence-corrected chi connectivity index (χ3v) is 2.69. The molecule has 2 atom stereocenters. The lowest BCUT2D eigenvalue weighted by Gasteiger charge is -2.19. The van der Waals surface area contributed by atoms with Crippen LogP contribution in [0.4, 0.5) is 0 Å². The zero-order valence-electron chi connectivity index (χ0n) is 7.74. The highest BCUT2D eigenvalue weighted by atomic mass is 16.5. The first-order valence-electron chi connectivity index (χ1n) is 4.90. The van der Waals surface area contributed by atoms with Crippen molar-refractivity contribution in [2.45, 2.75) is 31.4 Å². The van der Waals surface area contributed by atoms with Crippen LogP contribution in [0.3, 0.4) is 0 Å². The second-order valence-corrected chi connectivity index (χ2v) is 3.90. The molecule has 0 radical (unpaired) electrons. The lowest BCUT2D eigenvalue weighted by Crippen LogP contribution is -2.34. The number of likely N-dealkylation sites (tertiary alicyclic amines) is 1. The van der Waals surface area contributed by atoms with Crippen molar-refractivity contribution >= 4 is 5.91 Å². The number of carbonyl (C=O) groups excluding carboxylic acids is 1. The van der Waals surface area contributed by atoms with Crippen molar-refractivity contribution in [1.82, 2.24) is 4.90 Å². The molecule has 0 saturated carbocycles. The summed E-state index contributed by atoms with van der Waals surface area (Å²) >= 11 is 0. The zero-order chi connectivity index (χ0) is 9.26. The number of hydrogen-bond acceptors (Lipinski definition) is 3. The monoisotopic (exact) mass is 184 g/mol. The molecule has 74 valence electrons. The van der Waals surface area contributed by atoms with Crippen LogP contribution >= 0.6 is 0 Å². The lowest BCUT2D eigenvalue weighted by molar-refractivity contribution is -0.129. The van der Waals surface area contributed by atoms with Crippen molar-refractivity contribution in [3.05, 3.63) is 0 Å². The molecule has 2 unspecified atom stereocenters. The van der Waals surface area contributed by atoms with Crippen LogP contribution in [0.25, 0.3) is 0 Å². The molecular formula is C9H16N2O2. The van der Waals surface area contributed by atoms with Crippen molar-refractivity contribution < 1.29 is 9.53 Å². The summed E-state index contributed by atoms with van der Waals surface area (Å²) in [6.07, 6.45) is 2.97. The van der Waals surface area contributed by atoms with Gasteiger partial charge in [-0.25, -0.2) is 0 Å². The Morgan fingerprint density at radius 2 is 2.46 bits per heavy atom. The fraction of sp³-hybridized carbons (Fsp3) is 0.889. The molecule has 4 heteroatoms. The van der Waals surface area contributed by atoms with E-state index in [0.717, 1.165) is 26.0 Å². The normalized spacial score (nSPS) is 34.5. The Kier molecular flexibility index (Phi) is 2.51. The maximum atomic E-state index is 11.4. The predicted molar refractivity (Wildman–Crippen MR) is 48.1 cm³/mol. The Morgan fingerprint density at radius 1 is 1.62 bits per heavy atom. The highest BCUT2D eigenvalue weighted by Crippen LogP contribution is 2.16. The molecule has 0 aromatic rings. The van der Waals surface area contributed by atoms with Gasteiger partial charge >= 0.3 is 0 Å².